The van der Waals surface area contributed by atoms with E-state index in [0.29, 0.717) is 5.56 Å². The lowest BCUT2D eigenvalue weighted by Crippen LogP contribution is -2.33. The minimum absolute atomic E-state index is 0.0158. The Kier molecular flexibility index (Phi) is 5.04. The zero-order valence-corrected chi connectivity index (χ0v) is 14.3. The lowest BCUT2D eigenvalue weighted by molar-refractivity contribution is -0.124. The van der Waals surface area contributed by atoms with Crippen molar-refractivity contribution < 1.29 is 14.7 Å². The number of hydrazone groups is 1. The summed E-state index contributed by atoms with van der Waals surface area (Å²) in [7, 11) is 0. The van der Waals surface area contributed by atoms with Crippen LogP contribution in [0.2, 0.25) is 0 Å². The third kappa shape index (κ3) is 4.19. The Morgan fingerprint density at radius 3 is 3.00 bits per heavy atom. The fourth-order valence-corrected chi connectivity index (χ4v) is 3.50. The Labute approximate surface area is 149 Å². The van der Waals surface area contributed by atoms with Crippen molar-refractivity contribution in [2.75, 3.05) is 5.32 Å². The van der Waals surface area contributed by atoms with Crippen LogP contribution < -0.4 is 10.7 Å². The molecule has 3 rings (SSSR count). The van der Waals surface area contributed by atoms with Gasteiger partial charge in [0.05, 0.1) is 17.2 Å². The third-order valence-corrected chi connectivity index (χ3v) is 4.93. The van der Waals surface area contributed by atoms with Gasteiger partial charge in [-0.05, 0) is 31.2 Å². The van der Waals surface area contributed by atoms with E-state index in [1.807, 2.05) is 31.2 Å². The summed E-state index contributed by atoms with van der Waals surface area (Å²) in [5.74, 6) is -0.475. The van der Waals surface area contributed by atoms with E-state index in [0.717, 1.165) is 16.1 Å². The summed E-state index contributed by atoms with van der Waals surface area (Å²) in [5.41, 5.74) is 4.65. The molecule has 3 N–H and O–H groups in total. The second kappa shape index (κ2) is 7.40. The summed E-state index contributed by atoms with van der Waals surface area (Å²) in [6.07, 6.45) is 1.39. The van der Waals surface area contributed by atoms with Gasteiger partial charge >= 0.3 is 0 Å². The highest BCUT2D eigenvalue weighted by atomic mass is 32.2. The maximum Gasteiger partial charge on any atom is 0.241 e. The topological polar surface area (TPSA) is 90.8 Å². The van der Waals surface area contributed by atoms with Gasteiger partial charge in [-0.2, -0.15) is 5.10 Å². The number of phenols is 1. The second-order valence-electron chi connectivity index (χ2n) is 5.65. The van der Waals surface area contributed by atoms with Gasteiger partial charge in [-0.15, -0.1) is 11.8 Å². The Bertz CT molecular complexity index is 851. The molecule has 0 radical (unpaired) electrons. The number of fused-ring (bicyclic) bond motifs is 1. The van der Waals surface area contributed by atoms with Gasteiger partial charge in [0.25, 0.3) is 0 Å². The molecule has 1 aliphatic heterocycles. The second-order valence-corrected chi connectivity index (χ2v) is 6.90. The molecule has 0 saturated heterocycles. The number of nitrogens with one attached hydrogen (secondary N) is 2. The van der Waals surface area contributed by atoms with E-state index in [2.05, 4.69) is 15.8 Å². The molecule has 2 aromatic rings. The number of rotatable bonds is 4. The number of carbonyl (C=O) groups is 2. The maximum atomic E-state index is 12.1. The predicted molar refractivity (Wildman–Crippen MR) is 97.9 cm³/mol. The van der Waals surface area contributed by atoms with Crippen LogP contribution in [0.4, 0.5) is 5.69 Å². The van der Waals surface area contributed by atoms with Gasteiger partial charge in [0.1, 0.15) is 5.75 Å². The summed E-state index contributed by atoms with van der Waals surface area (Å²) >= 11 is 1.36. The number of phenolic OH excluding ortho intramolecular Hbond substituents is 1. The Hall–Kier alpha value is -2.80. The van der Waals surface area contributed by atoms with Gasteiger partial charge < -0.3 is 10.4 Å². The van der Waals surface area contributed by atoms with Gasteiger partial charge in [0, 0.05) is 16.9 Å². The molecular formula is C18H17N3O3S. The molecule has 0 spiro atoms. The number of benzene rings is 2. The number of nitrogens with zero attached hydrogens (tertiary/aromatic N) is 1. The van der Waals surface area contributed by atoms with Crippen molar-refractivity contribution in [1.82, 2.24) is 5.43 Å². The summed E-state index contributed by atoms with van der Waals surface area (Å²) in [5, 5.41) is 15.9. The molecular weight excluding hydrogens is 338 g/mol. The quantitative estimate of drug-likeness (QED) is 0.581. The lowest BCUT2D eigenvalue weighted by Gasteiger charge is -2.23. The molecule has 1 atom stereocenters. The molecule has 7 heteroatoms. The van der Waals surface area contributed by atoms with Crippen LogP contribution in [0.5, 0.6) is 5.75 Å². The largest absolute Gasteiger partial charge is 0.507 e. The molecule has 2 aromatic carbocycles. The minimum Gasteiger partial charge on any atom is -0.507 e. The highest BCUT2D eigenvalue weighted by Gasteiger charge is 2.28. The summed E-state index contributed by atoms with van der Waals surface area (Å²) < 4.78 is 0. The van der Waals surface area contributed by atoms with E-state index in [-0.39, 0.29) is 24.0 Å². The third-order valence-electron chi connectivity index (χ3n) is 3.65. The van der Waals surface area contributed by atoms with E-state index in [1.165, 1.54) is 18.0 Å². The van der Waals surface area contributed by atoms with Crippen LogP contribution in [0.3, 0.4) is 0 Å². The Balaban J connectivity index is 1.59. The molecule has 0 aliphatic carbocycles. The number of carbonyl (C=O) groups excluding carboxylic acids is 2. The van der Waals surface area contributed by atoms with E-state index < -0.39 is 5.25 Å². The zero-order valence-electron chi connectivity index (χ0n) is 13.5. The summed E-state index contributed by atoms with van der Waals surface area (Å²) in [6, 6.07) is 12.6. The average molecular weight is 355 g/mol. The number of thioether (sulfide) groups is 1. The highest BCUT2D eigenvalue weighted by molar-refractivity contribution is 8.01. The molecule has 128 valence electrons. The molecule has 25 heavy (non-hydrogen) atoms. The van der Waals surface area contributed by atoms with Crippen molar-refractivity contribution >= 4 is 35.5 Å². The van der Waals surface area contributed by atoms with Gasteiger partial charge in [-0.3, -0.25) is 9.59 Å². The van der Waals surface area contributed by atoms with Crippen LogP contribution >= 0.6 is 11.8 Å². The van der Waals surface area contributed by atoms with E-state index >= 15 is 0 Å². The zero-order chi connectivity index (χ0) is 17.8. The highest BCUT2D eigenvalue weighted by Crippen LogP contribution is 2.36. The fourth-order valence-electron chi connectivity index (χ4n) is 2.39. The number of amides is 2. The molecule has 2 amide bonds. The first-order valence-corrected chi connectivity index (χ1v) is 8.59. The Morgan fingerprint density at radius 1 is 1.36 bits per heavy atom. The van der Waals surface area contributed by atoms with Crippen molar-refractivity contribution in [2.24, 2.45) is 5.10 Å². The van der Waals surface area contributed by atoms with Crippen molar-refractivity contribution in [3.05, 3.63) is 53.6 Å². The number of para-hydroxylation sites is 1. The number of aromatic hydroxyl groups is 1. The fraction of sp³-hybridized carbons (Fsp3) is 0.167. The SMILES string of the molecule is Cc1ccc(O)c(/C=N/NC(=O)C[C@@H]2Sc3ccccc3NC2=O)c1. The van der Waals surface area contributed by atoms with Crippen LogP contribution in [-0.4, -0.2) is 28.4 Å². The van der Waals surface area contributed by atoms with Crippen molar-refractivity contribution in [1.29, 1.82) is 0 Å². The average Bonchev–Trinajstić information content (AvgIpc) is 2.58. The van der Waals surface area contributed by atoms with Crippen LogP contribution in [-0.2, 0) is 9.59 Å². The minimum atomic E-state index is -0.502. The van der Waals surface area contributed by atoms with Crippen molar-refractivity contribution in [2.45, 2.75) is 23.5 Å². The molecule has 6 nitrogen and oxygen atoms in total. The molecule has 0 aromatic heterocycles. The molecule has 0 saturated carbocycles. The smallest absolute Gasteiger partial charge is 0.241 e. The summed E-state index contributed by atoms with van der Waals surface area (Å²) in [6.45, 7) is 1.89. The van der Waals surface area contributed by atoms with E-state index in [4.69, 9.17) is 0 Å². The van der Waals surface area contributed by atoms with Crippen molar-refractivity contribution in [3.8, 4) is 5.75 Å². The molecule has 0 unspecified atom stereocenters. The normalized spacial score (nSPS) is 16.4. The molecule has 0 fully saturated rings. The molecule has 1 aliphatic rings. The number of anilines is 1. The first-order chi connectivity index (χ1) is 12.0. The maximum absolute atomic E-state index is 12.1. The number of hydrogen-bond donors (Lipinski definition) is 3. The molecule has 0 bridgehead atoms. The molecule has 1 heterocycles. The predicted octanol–water partition coefficient (Wildman–Crippen LogP) is 2.65. The van der Waals surface area contributed by atoms with Crippen molar-refractivity contribution in [3.63, 3.8) is 0 Å². The standard InChI is InChI=1S/C18H17N3O3S/c1-11-6-7-14(22)12(8-11)10-19-21-17(23)9-16-18(24)20-13-4-2-3-5-15(13)25-16/h2-8,10,16,22H,9H2,1H3,(H,20,24)(H,21,23)/b19-10+/t16-/m0/s1. The van der Waals surface area contributed by atoms with Gasteiger partial charge in [-0.1, -0.05) is 23.8 Å². The Morgan fingerprint density at radius 2 is 2.16 bits per heavy atom. The van der Waals surface area contributed by atoms with Crippen LogP contribution in [0.25, 0.3) is 0 Å². The summed E-state index contributed by atoms with van der Waals surface area (Å²) in [4.78, 5) is 25.1. The van der Waals surface area contributed by atoms with E-state index in [1.54, 1.807) is 18.2 Å². The number of aryl methyl sites for hydroxylation is 1. The first kappa shape index (κ1) is 17.0. The van der Waals surface area contributed by atoms with Gasteiger partial charge in [-0.25, -0.2) is 5.43 Å². The van der Waals surface area contributed by atoms with Crippen LogP contribution in [0.1, 0.15) is 17.5 Å². The number of hydrogen-bond acceptors (Lipinski definition) is 5. The van der Waals surface area contributed by atoms with Crippen LogP contribution in [0.15, 0.2) is 52.5 Å². The van der Waals surface area contributed by atoms with E-state index in [9.17, 15) is 14.7 Å². The first-order valence-electron chi connectivity index (χ1n) is 7.71. The van der Waals surface area contributed by atoms with Gasteiger partial charge in [0.15, 0.2) is 0 Å². The van der Waals surface area contributed by atoms with Gasteiger partial charge in [0.2, 0.25) is 11.8 Å². The lowest BCUT2D eigenvalue weighted by atomic mass is 10.1. The monoisotopic (exact) mass is 355 g/mol. The van der Waals surface area contributed by atoms with Crippen LogP contribution in [0, 0.1) is 6.92 Å².